The molecule has 0 radical (unpaired) electrons. The molecule has 0 bridgehead atoms. The third kappa shape index (κ3) is 2.15. The maximum atomic E-state index is 5.98. The van der Waals surface area contributed by atoms with Gasteiger partial charge in [0.2, 0.25) is 0 Å². The SMILES string of the molecule is Nc1nc2ccccc2nc1Nc1ccc2ncsc2c1. The molecule has 0 saturated heterocycles. The van der Waals surface area contributed by atoms with Gasteiger partial charge in [-0.2, -0.15) is 0 Å². The number of nitrogens with one attached hydrogen (secondary N) is 1. The normalized spacial score (nSPS) is 11.0. The summed E-state index contributed by atoms with van der Waals surface area (Å²) in [7, 11) is 0. The Morgan fingerprint density at radius 1 is 0.952 bits per heavy atom. The Morgan fingerprint density at radius 3 is 2.62 bits per heavy atom. The molecule has 0 unspecified atom stereocenters. The van der Waals surface area contributed by atoms with E-state index in [-0.39, 0.29) is 0 Å². The number of rotatable bonds is 2. The van der Waals surface area contributed by atoms with E-state index in [2.05, 4.69) is 20.3 Å². The summed E-state index contributed by atoms with van der Waals surface area (Å²) in [5, 5.41) is 3.23. The summed E-state index contributed by atoms with van der Waals surface area (Å²) < 4.78 is 1.12. The van der Waals surface area contributed by atoms with E-state index in [4.69, 9.17) is 5.73 Å². The molecule has 4 aromatic rings. The van der Waals surface area contributed by atoms with Gasteiger partial charge >= 0.3 is 0 Å². The first-order chi connectivity index (χ1) is 10.3. The van der Waals surface area contributed by atoms with E-state index in [0.717, 1.165) is 26.9 Å². The number of thiazole rings is 1. The first-order valence-corrected chi connectivity index (χ1v) is 7.30. The standard InChI is InChI=1S/C15H11N5S/c16-14-15(20-11-4-2-1-3-10(11)19-14)18-9-5-6-12-13(7-9)21-8-17-12/h1-8H,(H2,16,19)(H,18,20). The molecule has 0 saturated carbocycles. The molecule has 3 N–H and O–H groups in total. The van der Waals surface area contributed by atoms with Crippen LogP contribution in [0.15, 0.2) is 48.0 Å². The molecule has 0 amide bonds. The quantitative estimate of drug-likeness (QED) is 0.591. The molecule has 5 nitrogen and oxygen atoms in total. The smallest absolute Gasteiger partial charge is 0.174 e. The van der Waals surface area contributed by atoms with Crippen molar-refractivity contribution in [3.8, 4) is 0 Å². The first-order valence-electron chi connectivity index (χ1n) is 6.42. The van der Waals surface area contributed by atoms with Crippen molar-refractivity contribution in [2.24, 2.45) is 0 Å². The zero-order valence-corrected chi connectivity index (χ0v) is 11.8. The summed E-state index contributed by atoms with van der Waals surface area (Å²) in [6.45, 7) is 0. The van der Waals surface area contributed by atoms with Crippen molar-refractivity contribution in [3.05, 3.63) is 48.0 Å². The lowest BCUT2D eigenvalue weighted by Crippen LogP contribution is -2.02. The lowest BCUT2D eigenvalue weighted by atomic mass is 10.3. The van der Waals surface area contributed by atoms with E-state index in [1.807, 2.05) is 48.0 Å². The summed E-state index contributed by atoms with van der Waals surface area (Å²) in [6, 6.07) is 13.6. The highest BCUT2D eigenvalue weighted by molar-refractivity contribution is 7.16. The van der Waals surface area contributed by atoms with Gasteiger partial charge in [-0.25, -0.2) is 15.0 Å². The van der Waals surface area contributed by atoms with Crippen LogP contribution in [0, 0.1) is 0 Å². The second kappa shape index (κ2) is 4.68. The summed E-state index contributed by atoms with van der Waals surface area (Å²) in [5.74, 6) is 0.954. The minimum atomic E-state index is 0.387. The van der Waals surface area contributed by atoms with Crippen molar-refractivity contribution in [1.29, 1.82) is 0 Å². The Labute approximate surface area is 124 Å². The number of anilines is 3. The van der Waals surface area contributed by atoms with Crippen molar-refractivity contribution in [2.45, 2.75) is 0 Å². The molecule has 4 rings (SSSR count). The van der Waals surface area contributed by atoms with Crippen LogP contribution in [0.4, 0.5) is 17.3 Å². The highest BCUT2D eigenvalue weighted by atomic mass is 32.1. The average molecular weight is 293 g/mol. The number of hydrogen-bond acceptors (Lipinski definition) is 6. The molecule has 2 aromatic heterocycles. The minimum Gasteiger partial charge on any atom is -0.381 e. The average Bonchev–Trinajstić information content (AvgIpc) is 2.95. The van der Waals surface area contributed by atoms with E-state index in [9.17, 15) is 0 Å². The summed E-state index contributed by atoms with van der Waals surface area (Å²) >= 11 is 1.60. The zero-order valence-electron chi connectivity index (χ0n) is 10.9. The zero-order chi connectivity index (χ0) is 14.2. The van der Waals surface area contributed by atoms with Gasteiger partial charge in [0.05, 0.1) is 26.8 Å². The van der Waals surface area contributed by atoms with Crippen LogP contribution in [-0.4, -0.2) is 15.0 Å². The van der Waals surface area contributed by atoms with Gasteiger partial charge in [0.1, 0.15) is 0 Å². The summed E-state index contributed by atoms with van der Waals surface area (Å²) in [6.07, 6.45) is 0. The van der Waals surface area contributed by atoms with Crippen molar-refractivity contribution in [1.82, 2.24) is 15.0 Å². The molecule has 2 aromatic carbocycles. The Kier molecular flexibility index (Phi) is 2.68. The number of fused-ring (bicyclic) bond motifs is 2. The third-order valence-corrected chi connectivity index (χ3v) is 3.98. The second-order valence-electron chi connectivity index (χ2n) is 4.61. The lowest BCUT2D eigenvalue weighted by Gasteiger charge is -2.09. The van der Waals surface area contributed by atoms with Crippen LogP contribution in [0.5, 0.6) is 0 Å². The van der Waals surface area contributed by atoms with Crippen LogP contribution < -0.4 is 11.1 Å². The van der Waals surface area contributed by atoms with Gasteiger partial charge in [-0.1, -0.05) is 12.1 Å². The fraction of sp³-hybridized carbons (Fsp3) is 0. The van der Waals surface area contributed by atoms with Gasteiger partial charge in [0, 0.05) is 5.69 Å². The molecule has 2 heterocycles. The highest BCUT2D eigenvalue weighted by Crippen LogP contribution is 2.26. The van der Waals surface area contributed by atoms with Crippen LogP contribution in [0.3, 0.4) is 0 Å². The van der Waals surface area contributed by atoms with E-state index < -0.39 is 0 Å². The maximum absolute atomic E-state index is 5.98. The van der Waals surface area contributed by atoms with Crippen molar-refractivity contribution in [2.75, 3.05) is 11.1 Å². The predicted octanol–water partition coefficient (Wildman–Crippen LogP) is 3.57. The van der Waals surface area contributed by atoms with Crippen molar-refractivity contribution in [3.63, 3.8) is 0 Å². The second-order valence-corrected chi connectivity index (χ2v) is 5.49. The Balaban J connectivity index is 1.77. The van der Waals surface area contributed by atoms with Crippen LogP contribution in [0.2, 0.25) is 0 Å². The molecular weight excluding hydrogens is 282 g/mol. The number of nitrogens with zero attached hydrogens (tertiary/aromatic N) is 3. The van der Waals surface area contributed by atoms with Gasteiger partial charge in [-0.15, -0.1) is 11.3 Å². The van der Waals surface area contributed by atoms with Crippen LogP contribution in [0.1, 0.15) is 0 Å². The highest BCUT2D eigenvalue weighted by Gasteiger charge is 2.07. The Morgan fingerprint density at radius 2 is 1.76 bits per heavy atom. The minimum absolute atomic E-state index is 0.387. The molecule has 0 fully saturated rings. The molecule has 6 heteroatoms. The van der Waals surface area contributed by atoms with E-state index >= 15 is 0 Å². The number of nitrogens with two attached hydrogens (primary N) is 1. The molecule has 21 heavy (non-hydrogen) atoms. The molecule has 0 spiro atoms. The third-order valence-electron chi connectivity index (χ3n) is 3.19. The van der Waals surface area contributed by atoms with Gasteiger partial charge in [0.25, 0.3) is 0 Å². The molecular formula is C15H11N5S. The van der Waals surface area contributed by atoms with Gasteiger partial charge in [-0.05, 0) is 30.3 Å². The topological polar surface area (TPSA) is 76.7 Å². The van der Waals surface area contributed by atoms with Crippen molar-refractivity contribution >= 4 is 49.9 Å². The van der Waals surface area contributed by atoms with Gasteiger partial charge < -0.3 is 11.1 Å². The largest absolute Gasteiger partial charge is 0.381 e. The number of hydrogen-bond donors (Lipinski definition) is 2. The number of benzene rings is 2. The van der Waals surface area contributed by atoms with Gasteiger partial charge in [0.15, 0.2) is 11.6 Å². The fourth-order valence-corrected chi connectivity index (χ4v) is 2.89. The molecule has 0 atom stereocenters. The van der Waals surface area contributed by atoms with Crippen LogP contribution in [-0.2, 0) is 0 Å². The molecule has 0 aliphatic heterocycles. The van der Waals surface area contributed by atoms with Crippen molar-refractivity contribution < 1.29 is 0 Å². The van der Waals surface area contributed by atoms with Gasteiger partial charge in [-0.3, -0.25) is 0 Å². The predicted molar refractivity (Wildman–Crippen MR) is 86.9 cm³/mol. The summed E-state index contributed by atoms with van der Waals surface area (Å²) in [4.78, 5) is 13.2. The van der Waals surface area contributed by atoms with E-state index in [0.29, 0.717) is 11.6 Å². The molecule has 0 aliphatic rings. The fourth-order valence-electron chi connectivity index (χ4n) is 2.18. The molecule has 0 aliphatic carbocycles. The Hall–Kier alpha value is -2.73. The van der Waals surface area contributed by atoms with E-state index in [1.54, 1.807) is 11.3 Å². The lowest BCUT2D eigenvalue weighted by molar-refractivity contribution is 1.29. The first kappa shape index (κ1) is 12.0. The number of para-hydroxylation sites is 2. The molecule has 102 valence electrons. The van der Waals surface area contributed by atoms with Crippen LogP contribution in [0.25, 0.3) is 21.3 Å². The number of nitrogen functional groups attached to an aromatic ring is 1. The Bertz CT molecular complexity index is 947. The maximum Gasteiger partial charge on any atom is 0.174 e. The van der Waals surface area contributed by atoms with Crippen LogP contribution >= 0.6 is 11.3 Å². The summed E-state index contributed by atoms with van der Waals surface area (Å²) in [5.41, 5.74) is 11.3. The monoisotopic (exact) mass is 293 g/mol. The van der Waals surface area contributed by atoms with E-state index in [1.165, 1.54) is 0 Å². The number of aromatic nitrogens is 3.